The molecular weight excluding hydrogens is 396 g/mol. The number of hydrogen-bond donors (Lipinski definition) is 1. The van der Waals surface area contributed by atoms with Crippen molar-refractivity contribution in [2.45, 2.75) is 25.3 Å². The van der Waals surface area contributed by atoms with E-state index in [2.05, 4.69) is 16.3 Å². The third-order valence-electron chi connectivity index (χ3n) is 5.71. The van der Waals surface area contributed by atoms with Crippen LogP contribution in [0.25, 0.3) is 0 Å². The predicted molar refractivity (Wildman–Crippen MR) is 120 cm³/mol. The van der Waals surface area contributed by atoms with E-state index in [0.717, 1.165) is 37.2 Å². The summed E-state index contributed by atoms with van der Waals surface area (Å²) in [4.78, 5) is 15.5. The third-order valence-corrected chi connectivity index (χ3v) is 5.71. The normalized spacial score (nSPS) is 15.1. The summed E-state index contributed by atoms with van der Waals surface area (Å²) < 4.78 is 21.7. The molecule has 7 nitrogen and oxygen atoms in total. The molecule has 31 heavy (non-hydrogen) atoms. The number of para-hydroxylation sites is 1. The fraction of sp³-hybridized carbons (Fsp3) is 0.458. The largest absolute Gasteiger partial charge is 0.496 e. The summed E-state index contributed by atoms with van der Waals surface area (Å²) in [5, 5.41) is 3.10. The minimum absolute atomic E-state index is 0.0300. The van der Waals surface area contributed by atoms with Crippen LogP contribution in [0.5, 0.6) is 23.0 Å². The van der Waals surface area contributed by atoms with Crippen LogP contribution < -0.4 is 24.3 Å². The number of methoxy groups -OCH3 is 4. The molecule has 2 aromatic carbocycles. The van der Waals surface area contributed by atoms with Gasteiger partial charge in [0.2, 0.25) is 5.75 Å². The maximum Gasteiger partial charge on any atom is 0.251 e. The molecular formula is C24H32N2O5. The minimum Gasteiger partial charge on any atom is -0.496 e. The highest BCUT2D eigenvalue weighted by Crippen LogP contribution is 2.38. The number of nitrogens with zero attached hydrogens (tertiary/aromatic N) is 1. The lowest BCUT2D eigenvalue weighted by molar-refractivity contribution is 0.0922. The average Bonchev–Trinajstić information content (AvgIpc) is 2.83. The lowest BCUT2D eigenvalue weighted by atomic mass is 10.0. The summed E-state index contributed by atoms with van der Waals surface area (Å²) in [5.74, 6) is 1.99. The van der Waals surface area contributed by atoms with Gasteiger partial charge in [0.05, 0.1) is 34.5 Å². The molecule has 1 unspecified atom stereocenters. The molecule has 0 bridgehead atoms. The number of nitrogens with one attached hydrogen (secondary N) is 1. The monoisotopic (exact) mass is 428 g/mol. The lowest BCUT2D eigenvalue weighted by Gasteiger charge is -2.35. The van der Waals surface area contributed by atoms with E-state index in [1.807, 2.05) is 18.2 Å². The second-order valence-electron chi connectivity index (χ2n) is 7.48. The molecule has 0 radical (unpaired) electrons. The van der Waals surface area contributed by atoms with Gasteiger partial charge in [-0.1, -0.05) is 24.6 Å². The van der Waals surface area contributed by atoms with Gasteiger partial charge in [-0.2, -0.15) is 0 Å². The van der Waals surface area contributed by atoms with Crippen molar-refractivity contribution in [2.24, 2.45) is 0 Å². The molecule has 7 heteroatoms. The molecule has 1 aliphatic heterocycles. The first-order chi connectivity index (χ1) is 15.1. The number of ether oxygens (including phenoxy) is 4. The van der Waals surface area contributed by atoms with Crippen LogP contribution in [0.1, 0.15) is 41.2 Å². The smallest absolute Gasteiger partial charge is 0.251 e. The van der Waals surface area contributed by atoms with E-state index in [0.29, 0.717) is 29.4 Å². The van der Waals surface area contributed by atoms with E-state index in [4.69, 9.17) is 18.9 Å². The van der Waals surface area contributed by atoms with Crippen LogP contribution in [-0.4, -0.2) is 58.9 Å². The van der Waals surface area contributed by atoms with Crippen molar-refractivity contribution in [3.8, 4) is 23.0 Å². The summed E-state index contributed by atoms with van der Waals surface area (Å²) in [5.41, 5.74) is 1.53. The molecule has 0 spiro atoms. The molecule has 1 amide bonds. The Hall–Kier alpha value is -2.93. The zero-order valence-corrected chi connectivity index (χ0v) is 18.8. The summed E-state index contributed by atoms with van der Waals surface area (Å²) >= 11 is 0. The van der Waals surface area contributed by atoms with Crippen LogP contribution in [0, 0.1) is 0 Å². The highest BCUT2D eigenvalue weighted by atomic mass is 16.5. The molecule has 1 N–H and O–H groups in total. The SMILES string of the molecule is COc1ccccc1C(CNC(=O)c1cc(OC)c(OC)c(OC)c1)N1CCCCC1. The quantitative estimate of drug-likeness (QED) is 0.657. The number of rotatable bonds is 9. The van der Waals surface area contributed by atoms with Gasteiger partial charge in [-0.05, 0) is 44.1 Å². The van der Waals surface area contributed by atoms with Crippen molar-refractivity contribution in [3.63, 3.8) is 0 Å². The molecule has 1 aliphatic rings. The second kappa shape index (κ2) is 10.9. The number of hydrogen-bond acceptors (Lipinski definition) is 6. The zero-order chi connectivity index (χ0) is 22.2. The second-order valence-corrected chi connectivity index (χ2v) is 7.48. The van der Waals surface area contributed by atoms with Crippen molar-refractivity contribution in [1.29, 1.82) is 0 Å². The zero-order valence-electron chi connectivity index (χ0n) is 18.8. The van der Waals surface area contributed by atoms with Gasteiger partial charge in [-0.3, -0.25) is 9.69 Å². The molecule has 168 valence electrons. The van der Waals surface area contributed by atoms with E-state index in [-0.39, 0.29) is 11.9 Å². The Balaban J connectivity index is 1.83. The van der Waals surface area contributed by atoms with E-state index in [1.165, 1.54) is 27.8 Å². The molecule has 3 rings (SSSR count). The first-order valence-corrected chi connectivity index (χ1v) is 10.6. The first-order valence-electron chi connectivity index (χ1n) is 10.6. The Labute approximate surface area is 184 Å². The number of piperidine rings is 1. The summed E-state index contributed by atoms with van der Waals surface area (Å²) in [6.07, 6.45) is 3.56. The Kier molecular flexibility index (Phi) is 8.00. The molecule has 0 saturated carbocycles. The van der Waals surface area contributed by atoms with Gasteiger partial charge < -0.3 is 24.3 Å². The van der Waals surface area contributed by atoms with Gasteiger partial charge >= 0.3 is 0 Å². The molecule has 1 atom stereocenters. The molecule has 1 heterocycles. The van der Waals surface area contributed by atoms with E-state index in [9.17, 15) is 4.79 Å². The number of amides is 1. The molecule has 0 aliphatic carbocycles. The van der Waals surface area contributed by atoms with Crippen molar-refractivity contribution >= 4 is 5.91 Å². The molecule has 1 fully saturated rings. The van der Waals surface area contributed by atoms with E-state index < -0.39 is 0 Å². The Bertz CT molecular complexity index is 855. The van der Waals surface area contributed by atoms with Crippen molar-refractivity contribution in [1.82, 2.24) is 10.2 Å². The lowest BCUT2D eigenvalue weighted by Crippen LogP contribution is -2.40. The maximum atomic E-state index is 13.0. The van der Waals surface area contributed by atoms with Crippen molar-refractivity contribution < 1.29 is 23.7 Å². The van der Waals surface area contributed by atoms with Crippen LogP contribution in [0.3, 0.4) is 0 Å². The third kappa shape index (κ3) is 5.22. The molecule has 0 aromatic heterocycles. The summed E-state index contributed by atoms with van der Waals surface area (Å²) in [6.45, 7) is 2.47. The predicted octanol–water partition coefficient (Wildman–Crippen LogP) is 3.68. The Morgan fingerprint density at radius 1 is 0.903 bits per heavy atom. The van der Waals surface area contributed by atoms with Crippen LogP contribution in [0.2, 0.25) is 0 Å². The fourth-order valence-corrected chi connectivity index (χ4v) is 4.11. The van der Waals surface area contributed by atoms with Gasteiger partial charge in [-0.15, -0.1) is 0 Å². The minimum atomic E-state index is -0.198. The van der Waals surface area contributed by atoms with Crippen LogP contribution in [-0.2, 0) is 0 Å². The standard InChI is InChI=1S/C24H32N2O5/c1-28-20-11-7-6-10-18(20)19(26-12-8-5-9-13-26)16-25-24(27)17-14-21(29-2)23(31-4)22(15-17)30-3/h6-7,10-11,14-15,19H,5,8-9,12-13,16H2,1-4H3,(H,25,27). The topological polar surface area (TPSA) is 69.3 Å². The molecule has 1 saturated heterocycles. The summed E-state index contributed by atoms with van der Waals surface area (Å²) in [7, 11) is 6.29. The van der Waals surface area contributed by atoms with Gasteiger partial charge in [0.15, 0.2) is 11.5 Å². The number of benzene rings is 2. The van der Waals surface area contributed by atoms with Gasteiger partial charge in [0, 0.05) is 17.7 Å². The van der Waals surface area contributed by atoms with Gasteiger partial charge in [0.25, 0.3) is 5.91 Å². The number of carbonyl (C=O) groups is 1. The van der Waals surface area contributed by atoms with Crippen LogP contribution >= 0.6 is 0 Å². The average molecular weight is 429 g/mol. The Morgan fingerprint density at radius 3 is 2.10 bits per heavy atom. The highest BCUT2D eigenvalue weighted by Gasteiger charge is 2.26. The van der Waals surface area contributed by atoms with Crippen molar-refractivity contribution in [3.05, 3.63) is 47.5 Å². The van der Waals surface area contributed by atoms with Crippen LogP contribution in [0.4, 0.5) is 0 Å². The molecule has 2 aromatic rings. The highest BCUT2D eigenvalue weighted by molar-refractivity contribution is 5.95. The number of carbonyl (C=O) groups excluding carboxylic acids is 1. The summed E-state index contributed by atoms with van der Waals surface area (Å²) in [6, 6.07) is 11.4. The fourth-order valence-electron chi connectivity index (χ4n) is 4.11. The van der Waals surface area contributed by atoms with Crippen LogP contribution in [0.15, 0.2) is 36.4 Å². The maximum absolute atomic E-state index is 13.0. The Morgan fingerprint density at radius 2 is 1.52 bits per heavy atom. The van der Waals surface area contributed by atoms with Gasteiger partial charge in [0.1, 0.15) is 5.75 Å². The van der Waals surface area contributed by atoms with E-state index in [1.54, 1.807) is 19.2 Å². The van der Waals surface area contributed by atoms with Gasteiger partial charge in [-0.25, -0.2) is 0 Å². The first kappa shape index (κ1) is 22.7. The van der Waals surface area contributed by atoms with Crippen molar-refractivity contribution in [2.75, 3.05) is 48.1 Å². The van der Waals surface area contributed by atoms with E-state index >= 15 is 0 Å². The number of likely N-dealkylation sites (tertiary alicyclic amines) is 1.